The number of nitrogens with one attached hydrogen (secondary N) is 4. The van der Waals surface area contributed by atoms with E-state index in [1.54, 1.807) is 0 Å². The van der Waals surface area contributed by atoms with Gasteiger partial charge in [-0.1, -0.05) is 59.8 Å². The second-order valence-electron chi connectivity index (χ2n) is 15.5. The molecule has 4 fully saturated rings. The van der Waals surface area contributed by atoms with Crippen molar-refractivity contribution in [1.29, 1.82) is 0 Å². The number of aliphatic hydroxyl groups is 1. The molecule has 0 spiro atoms. The standard InChI is InChI=1S/C36H55N7O6/c1-5-10-25(29(44)34(48)39-23-15-16-23)40-33(47)28-24-14-9-13-22(24)20-43(28)35(49)30(36(2,3)4)42-32(46)27(21-11-7-6-8-12-21)41-31(45)26-19-37-17-18-38-26/h17-19,21-25,27-30,44H,5-16,20H2,1-4H3,(H,39,48)(H,40,47)(H,41,45)(H,42,46)/t22-,24-,25-,27-,28-,29?,30+/m0/s1/i25D. The van der Waals surface area contributed by atoms with Gasteiger partial charge < -0.3 is 31.3 Å². The van der Waals surface area contributed by atoms with Gasteiger partial charge in [-0.2, -0.15) is 0 Å². The summed E-state index contributed by atoms with van der Waals surface area (Å²) in [5, 5.41) is 22.3. The topological polar surface area (TPSA) is 183 Å². The van der Waals surface area contributed by atoms with Crippen LogP contribution in [0.3, 0.4) is 0 Å². The molecule has 7 atom stereocenters. The second-order valence-corrected chi connectivity index (χ2v) is 15.5. The molecule has 1 saturated heterocycles. The average Bonchev–Trinajstić information content (AvgIpc) is 3.65. The number of hydrogen-bond acceptors (Lipinski definition) is 8. The highest BCUT2D eigenvalue weighted by Crippen LogP contribution is 2.43. The summed E-state index contributed by atoms with van der Waals surface area (Å²) in [6.07, 6.45) is 11.4. The van der Waals surface area contributed by atoms with Crippen LogP contribution in [0.1, 0.15) is 117 Å². The molecular formula is C36H55N7O6. The first-order chi connectivity index (χ1) is 23.7. The highest BCUT2D eigenvalue weighted by atomic mass is 16.3. The van der Waals surface area contributed by atoms with Crippen molar-refractivity contribution in [2.45, 2.75) is 141 Å². The molecular weight excluding hydrogens is 626 g/mol. The molecule has 5 amide bonds. The summed E-state index contributed by atoms with van der Waals surface area (Å²) in [7, 11) is 0. The van der Waals surface area contributed by atoms with Crippen LogP contribution < -0.4 is 21.3 Å². The van der Waals surface area contributed by atoms with Crippen molar-refractivity contribution in [2.75, 3.05) is 6.54 Å². The molecule has 13 heteroatoms. The van der Waals surface area contributed by atoms with E-state index in [-0.39, 0.29) is 35.9 Å². The lowest BCUT2D eigenvalue weighted by Crippen LogP contribution is -2.62. The fourth-order valence-corrected chi connectivity index (χ4v) is 7.85. The molecule has 13 nitrogen and oxygen atoms in total. The van der Waals surface area contributed by atoms with Gasteiger partial charge in [-0.25, -0.2) is 4.98 Å². The van der Waals surface area contributed by atoms with Crippen LogP contribution in [0.5, 0.6) is 0 Å². The molecule has 1 aromatic heterocycles. The Kier molecular flexibility index (Phi) is 11.5. The normalized spacial score (nSPS) is 25.9. The van der Waals surface area contributed by atoms with Gasteiger partial charge in [-0.05, 0) is 68.1 Å². The Hall–Kier alpha value is -3.61. The van der Waals surface area contributed by atoms with Crippen molar-refractivity contribution in [1.82, 2.24) is 36.1 Å². The van der Waals surface area contributed by atoms with Crippen LogP contribution in [0, 0.1) is 23.2 Å². The minimum atomic E-state index is -1.98. The molecule has 1 aromatic rings. The van der Waals surface area contributed by atoms with Gasteiger partial charge in [0.15, 0.2) is 6.10 Å². The highest BCUT2D eigenvalue weighted by Gasteiger charge is 2.52. The Morgan fingerprint density at radius 2 is 1.69 bits per heavy atom. The smallest absolute Gasteiger partial charge is 0.272 e. The van der Waals surface area contributed by atoms with Gasteiger partial charge in [0.1, 0.15) is 23.8 Å². The van der Waals surface area contributed by atoms with E-state index in [4.69, 9.17) is 1.37 Å². The van der Waals surface area contributed by atoms with Crippen LogP contribution in [-0.4, -0.2) is 92.3 Å². The first-order valence-electron chi connectivity index (χ1n) is 18.7. The molecule has 0 aromatic carbocycles. The van der Waals surface area contributed by atoms with E-state index in [2.05, 4.69) is 31.2 Å². The van der Waals surface area contributed by atoms with E-state index >= 15 is 0 Å². The lowest BCUT2D eigenvalue weighted by molar-refractivity contribution is -0.146. The van der Waals surface area contributed by atoms with Gasteiger partial charge in [-0.15, -0.1) is 0 Å². The molecule has 0 radical (unpaired) electrons. The van der Waals surface area contributed by atoms with E-state index in [9.17, 15) is 29.1 Å². The monoisotopic (exact) mass is 682 g/mol. The van der Waals surface area contributed by atoms with Crippen LogP contribution in [0.15, 0.2) is 18.6 Å². The summed E-state index contributed by atoms with van der Waals surface area (Å²) in [4.78, 5) is 78.6. The predicted molar refractivity (Wildman–Crippen MR) is 182 cm³/mol. The summed E-state index contributed by atoms with van der Waals surface area (Å²) in [5.74, 6) is -2.89. The fraction of sp³-hybridized carbons (Fsp3) is 0.750. The number of carbonyl (C=O) groups excluding carboxylic acids is 5. The van der Waals surface area contributed by atoms with Gasteiger partial charge in [-0.3, -0.25) is 29.0 Å². The maximum Gasteiger partial charge on any atom is 0.272 e. The molecule has 1 unspecified atom stereocenters. The molecule has 3 saturated carbocycles. The first kappa shape index (κ1) is 35.2. The number of hydrogen-bond donors (Lipinski definition) is 5. The minimum absolute atomic E-state index is 0.0245. The quantitative estimate of drug-likeness (QED) is 0.210. The maximum absolute atomic E-state index is 14.6. The number of fused-ring (bicyclic) bond motifs is 1. The number of likely N-dealkylation sites (tertiary alicyclic amines) is 1. The molecule has 5 N–H and O–H groups in total. The summed E-state index contributed by atoms with van der Waals surface area (Å²) >= 11 is 0. The third-order valence-corrected chi connectivity index (χ3v) is 10.6. The minimum Gasteiger partial charge on any atom is -0.381 e. The van der Waals surface area contributed by atoms with Crippen LogP contribution >= 0.6 is 0 Å². The highest BCUT2D eigenvalue weighted by molar-refractivity contribution is 5.98. The van der Waals surface area contributed by atoms with E-state index < -0.39 is 65.2 Å². The van der Waals surface area contributed by atoms with Crippen LogP contribution in [0.2, 0.25) is 0 Å². The first-order valence-corrected chi connectivity index (χ1v) is 18.2. The average molecular weight is 683 g/mol. The molecule has 0 bridgehead atoms. The van der Waals surface area contributed by atoms with E-state index in [0.29, 0.717) is 13.0 Å². The van der Waals surface area contributed by atoms with Crippen molar-refractivity contribution in [3.63, 3.8) is 0 Å². The van der Waals surface area contributed by atoms with Crippen molar-refractivity contribution < 1.29 is 30.4 Å². The van der Waals surface area contributed by atoms with Crippen LogP contribution in [0.4, 0.5) is 0 Å². The zero-order valence-corrected chi connectivity index (χ0v) is 29.4. The summed E-state index contributed by atoms with van der Waals surface area (Å²) in [6, 6.07) is -4.87. The van der Waals surface area contributed by atoms with Crippen molar-refractivity contribution >= 4 is 29.5 Å². The van der Waals surface area contributed by atoms with E-state index in [1.807, 2.05) is 27.7 Å². The van der Waals surface area contributed by atoms with E-state index in [1.165, 1.54) is 23.5 Å². The Morgan fingerprint density at radius 3 is 2.33 bits per heavy atom. The maximum atomic E-state index is 14.6. The number of aromatic nitrogens is 2. The number of aliphatic hydroxyl groups excluding tert-OH is 1. The van der Waals surface area contributed by atoms with Crippen LogP contribution in [0.25, 0.3) is 0 Å². The van der Waals surface area contributed by atoms with Crippen molar-refractivity contribution in [3.05, 3.63) is 24.3 Å². The van der Waals surface area contributed by atoms with Crippen LogP contribution in [-0.2, 0) is 19.2 Å². The zero-order valence-electron chi connectivity index (χ0n) is 30.4. The summed E-state index contributed by atoms with van der Waals surface area (Å²) in [6.45, 7) is 7.68. The molecule has 270 valence electrons. The Balaban J connectivity index is 1.37. The van der Waals surface area contributed by atoms with Gasteiger partial charge in [0.2, 0.25) is 17.7 Å². The molecule has 49 heavy (non-hydrogen) atoms. The van der Waals surface area contributed by atoms with Gasteiger partial charge >= 0.3 is 0 Å². The summed E-state index contributed by atoms with van der Waals surface area (Å²) < 4.78 is 9.07. The number of amides is 5. The molecule has 5 rings (SSSR count). The lowest BCUT2D eigenvalue weighted by Gasteiger charge is -2.38. The SMILES string of the molecule is [2H][C@@](CCC)(NC(=O)[C@@H]1[C@H]2CCC[C@H]2CN1C(=O)[C@@H](NC(=O)[C@@H](NC(=O)c1cnccn1)C1CCCCC1)C(C)(C)C)C(O)C(=O)NC1CC1. The third kappa shape index (κ3) is 8.95. The fourth-order valence-electron chi connectivity index (χ4n) is 7.85. The second kappa shape index (κ2) is 15.9. The van der Waals surface area contributed by atoms with E-state index in [0.717, 1.165) is 64.2 Å². The summed E-state index contributed by atoms with van der Waals surface area (Å²) in [5.41, 5.74) is -0.679. The Bertz CT molecular complexity index is 1400. The van der Waals surface area contributed by atoms with Gasteiger partial charge in [0.05, 0.1) is 13.6 Å². The predicted octanol–water partition coefficient (Wildman–Crippen LogP) is 2.24. The Labute approximate surface area is 290 Å². The zero-order chi connectivity index (χ0) is 36.2. The number of carbonyl (C=O) groups is 5. The number of rotatable bonds is 13. The van der Waals surface area contributed by atoms with Crippen molar-refractivity contribution in [2.24, 2.45) is 23.2 Å². The lowest BCUT2D eigenvalue weighted by atomic mass is 9.82. The van der Waals surface area contributed by atoms with Crippen molar-refractivity contribution in [3.8, 4) is 0 Å². The third-order valence-electron chi connectivity index (χ3n) is 10.6. The molecule has 3 aliphatic carbocycles. The molecule has 4 aliphatic rings. The number of nitrogens with zero attached hydrogens (tertiary/aromatic N) is 3. The Morgan fingerprint density at radius 1 is 0.959 bits per heavy atom. The van der Waals surface area contributed by atoms with Gasteiger partial charge in [0, 0.05) is 25.0 Å². The molecule has 2 heterocycles. The van der Waals surface area contributed by atoms with Gasteiger partial charge in [0.25, 0.3) is 11.8 Å². The molecule has 1 aliphatic heterocycles. The largest absolute Gasteiger partial charge is 0.381 e.